The fourth-order valence-electron chi connectivity index (χ4n) is 1.96. The second kappa shape index (κ2) is 7.14. The Morgan fingerprint density at radius 2 is 1.71 bits per heavy atom. The molecule has 8 heteroatoms. The highest BCUT2D eigenvalue weighted by atomic mass is 79.9. The molecule has 0 radical (unpaired) electrons. The molecule has 0 amide bonds. The molecule has 2 aromatic carbocycles. The normalized spacial score (nSPS) is 11.0. The molecule has 0 saturated heterocycles. The van der Waals surface area contributed by atoms with E-state index in [1.165, 1.54) is 50.4 Å². The van der Waals surface area contributed by atoms with Crippen molar-refractivity contribution in [2.75, 3.05) is 11.8 Å². The minimum absolute atomic E-state index is 0.0220. The molecule has 0 atom stereocenters. The molecule has 0 saturated carbocycles. The number of nitrogens with one attached hydrogen (secondary N) is 1. The van der Waals surface area contributed by atoms with Gasteiger partial charge in [-0.2, -0.15) is 0 Å². The van der Waals surface area contributed by atoms with E-state index in [1.807, 2.05) is 0 Å². The summed E-state index contributed by atoms with van der Waals surface area (Å²) in [5.41, 5.74) is 0.587. The van der Waals surface area contributed by atoms with Crippen LogP contribution in [0.4, 0.5) is 5.69 Å². The lowest BCUT2D eigenvalue weighted by Crippen LogP contribution is -2.16. The molecule has 0 aliphatic carbocycles. The van der Waals surface area contributed by atoms with Crippen molar-refractivity contribution in [2.45, 2.75) is 11.8 Å². The average molecular weight is 412 g/mol. The maximum Gasteiger partial charge on any atom is 0.340 e. The Balaban J connectivity index is 2.39. The maximum atomic E-state index is 12.5. The molecule has 6 nitrogen and oxygen atoms in total. The number of hydrogen-bond donors (Lipinski definition) is 1. The molecule has 2 aromatic rings. The fraction of sp³-hybridized carbons (Fsp3) is 0.125. The van der Waals surface area contributed by atoms with Crippen molar-refractivity contribution in [3.8, 4) is 0 Å². The van der Waals surface area contributed by atoms with Crippen molar-refractivity contribution in [1.29, 1.82) is 0 Å². The van der Waals surface area contributed by atoms with Crippen LogP contribution in [0.25, 0.3) is 0 Å². The van der Waals surface area contributed by atoms with Gasteiger partial charge in [0.1, 0.15) is 0 Å². The zero-order chi connectivity index (χ0) is 17.9. The van der Waals surface area contributed by atoms with Crippen LogP contribution in [0.5, 0.6) is 0 Å². The Hall–Kier alpha value is -2.19. The van der Waals surface area contributed by atoms with Gasteiger partial charge in [0.25, 0.3) is 10.0 Å². The van der Waals surface area contributed by atoms with Crippen molar-refractivity contribution in [3.05, 3.63) is 58.1 Å². The van der Waals surface area contributed by atoms with Crippen molar-refractivity contribution < 1.29 is 22.7 Å². The van der Waals surface area contributed by atoms with E-state index in [-0.39, 0.29) is 21.9 Å². The van der Waals surface area contributed by atoms with E-state index >= 15 is 0 Å². The number of halogens is 1. The smallest absolute Gasteiger partial charge is 0.340 e. The Bertz CT molecular complexity index is 891. The average Bonchev–Trinajstić information content (AvgIpc) is 2.55. The Labute approximate surface area is 148 Å². The lowest BCUT2D eigenvalue weighted by atomic mass is 10.2. The van der Waals surface area contributed by atoms with Gasteiger partial charge in [-0.05, 0) is 37.3 Å². The summed E-state index contributed by atoms with van der Waals surface area (Å²) in [6.07, 6.45) is 0. The number of benzene rings is 2. The Morgan fingerprint density at radius 1 is 1.08 bits per heavy atom. The second-order valence-electron chi connectivity index (χ2n) is 4.87. The summed E-state index contributed by atoms with van der Waals surface area (Å²) < 4.78 is 32.6. The topological polar surface area (TPSA) is 89.5 Å². The molecular formula is C16H14BrNO5S. The monoisotopic (exact) mass is 411 g/mol. The summed E-state index contributed by atoms with van der Waals surface area (Å²) in [7, 11) is -2.71. The van der Waals surface area contributed by atoms with Gasteiger partial charge in [0.15, 0.2) is 5.78 Å². The van der Waals surface area contributed by atoms with Crippen molar-refractivity contribution >= 4 is 43.4 Å². The minimum Gasteiger partial charge on any atom is -0.465 e. The number of ketones is 1. The molecule has 0 aliphatic heterocycles. The predicted molar refractivity (Wildman–Crippen MR) is 92.7 cm³/mol. The van der Waals surface area contributed by atoms with E-state index in [2.05, 4.69) is 25.4 Å². The lowest BCUT2D eigenvalue weighted by molar-refractivity contribution is 0.0601. The van der Waals surface area contributed by atoms with Gasteiger partial charge in [-0.25, -0.2) is 13.2 Å². The van der Waals surface area contributed by atoms with Crippen molar-refractivity contribution in [1.82, 2.24) is 0 Å². The van der Waals surface area contributed by atoms with E-state index in [9.17, 15) is 18.0 Å². The first-order valence-electron chi connectivity index (χ1n) is 6.76. The second-order valence-corrected chi connectivity index (χ2v) is 7.47. The largest absolute Gasteiger partial charge is 0.465 e. The zero-order valence-corrected chi connectivity index (χ0v) is 15.3. The molecule has 0 aliphatic rings. The van der Waals surface area contributed by atoms with Gasteiger partial charge in [-0.15, -0.1) is 0 Å². The van der Waals surface area contributed by atoms with E-state index in [4.69, 9.17) is 0 Å². The molecule has 0 fully saturated rings. The molecule has 0 spiro atoms. The minimum atomic E-state index is -3.92. The summed E-state index contributed by atoms with van der Waals surface area (Å²) in [4.78, 5) is 23.1. The van der Waals surface area contributed by atoms with Crippen molar-refractivity contribution in [2.24, 2.45) is 0 Å². The number of sulfonamides is 1. The van der Waals surface area contributed by atoms with Crippen LogP contribution in [-0.4, -0.2) is 27.3 Å². The summed E-state index contributed by atoms with van der Waals surface area (Å²) >= 11 is 3.22. The first kappa shape index (κ1) is 18.2. The fourth-order valence-corrected chi connectivity index (χ4v) is 3.40. The Morgan fingerprint density at radius 3 is 2.25 bits per heavy atom. The van der Waals surface area contributed by atoms with Crippen molar-refractivity contribution in [3.63, 3.8) is 0 Å². The van der Waals surface area contributed by atoms with Gasteiger partial charge >= 0.3 is 5.97 Å². The van der Waals surface area contributed by atoms with Gasteiger partial charge < -0.3 is 4.74 Å². The third-order valence-corrected chi connectivity index (χ3v) is 5.08. The number of esters is 1. The van der Waals surface area contributed by atoms with Crippen LogP contribution < -0.4 is 4.72 Å². The van der Waals surface area contributed by atoms with Crippen LogP contribution in [0, 0.1) is 0 Å². The molecule has 0 aromatic heterocycles. The van der Waals surface area contributed by atoms with E-state index < -0.39 is 16.0 Å². The molecule has 0 bridgehead atoms. The highest BCUT2D eigenvalue weighted by Gasteiger charge is 2.19. The summed E-state index contributed by atoms with van der Waals surface area (Å²) in [6.45, 7) is 1.40. The SMILES string of the molecule is COC(=O)c1cc(Br)ccc1NS(=O)(=O)c1ccc(C(C)=O)cc1. The molecule has 24 heavy (non-hydrogen) atoms. The molecule has 0 unspecified atom stereocenters. The number of ether oxygens (including phenoxy) is 1. The first-order chi connectivity index (χ1) is 11.2. The van der Waals surface area contributed by atoms with Crippen LogP contribution in [-0.2, 0) is 14.8 Å². The molecule has 0 heterocycles. The molecule has 2 rings (SSSR count). The number of methoxy groups -OCH3 is 1. The van der Waals surface area contributed by atoms with E-state index in [0.717, 1.165) is 0 Å². The number of carbonyl (C=O) groups excluding carboxylic acids is 2. The number of rotatable bonds is 5. The third-order valence-electron chi connectivity index (χ3n) is 3.20. The summed E-state index contributed by atoms with van der Waals surface area (Å²) in [5, 5.41) is 0. The number of anilines is 1. The van der Waals surface area contributed by atoms with E-state index in [1.54, 1.807) is 6.07 Å². The maximum absolute atomic E-state index is 12.5. The number of hydrogen-bond acceptors (Lipinski definition) is 5. The quantitative estimate of drug-likeness (QED) is 0.602. The van der Waals surface area contributed by atoms with E-state index in [0.29, 0.717) is 10.0 Å². The van der Waals surface area contributed by atoms with Crippen LogP contribution in [0.2, 0.25) is 0 Å². The van der Waals surface area contributed by atoms with Gasteiger partial charge in [0.2, 0.25) is 0 Å². The number of carbonyl (C=O) groups is 2. The first-order valence-corrected chi connectivity index (χ1v) is 9.04. The zero-order valence-electron chi connectivity index (χ0n) is 12.9. The standard InChI is InChI=1S/C16H14BrNO5S/c1-10(19)11-3-6-13(7-4-11)24(21,22)18-15-8-5-12(17)9-14(15)16(20)23-2/h3-9,18H,1-2H3. The third kappa shape index (κ3) is 4.01. The number of Topliss-reactive ketones (excluding diaryl/α,β-unsaturated/α-hetero) is 1. The van der Waals surface area contributed by atoms with Gasteiger partial charge in [-0.3, -0.25) is 9.52 Å². The van der Waals surface area contributed by atoms with Gasteiger partial charge in [-0.1, -0.05) is 28.1 Å². The highest BCUT2D eigenvalue weighted by Crippen LogP contribution is 2.25. The lowest BCUT2D eigenvalue weighted by Gasteiger charge is -2.12. The highest BCUT2D eigenvalue weighted by molar-refractivity contribution is 9.10. The molecular weight excluding hydrogens is 398 g/mol. The summed E-state index contributed by atoms with van der Waals surface area (Å²) in [5.74, 6) is -0.825. The van der Waals surface area contributed by atoms with Gasteiger partial charge in [0, 0.05) is 10.0 Å². The van der Waals surface area contributed by atoms with Gasteiger partial charge in [0.05, 0.1) is 23.3 Å². The summed E-state index contributed by atoms with van der Waals surface area (Å²) in [6, 6.07) is 10.0. The predicted octanol–water partition coefficient (Wildman–Crippen LogP) is 3.24. The van der Waals surface area contributed by atoms with Crippen LogP contribution in [0.1, 0.15) is 27.6 Å². The molecule has 1 N–H and O–H groups in total. The van der Waals surface area contributed by atoms with Crippen LogP contribution >= 0.6 is 15.9 Å². The molecule has 126 valence electrons. The van der Waals surface area contributed by atoms with Crippen LogP contribution in [0.3, 0.4) is 0 Å². The van der Waals surface area contributed by atoms with Crippen LogP contribution in [0.15, 0.2) is 51.8 Å². The Kier molecular flexibility index (Phi) is 5.40.